The molecule has 0 amide bonds. The fourth-order valence-electron chi connectivity index (χ4n) is 4.90. The van der Waals surface area contributed by atoms with Crippen LogP contribution in [0.4, 0.5) is 17.2 Å². The van der Waals surface area contributed by atoms with Gasteiger partial charge in [0.15, 0.2) is 0 Å². The van der Waals surface area contributed by atoms with Crippen molar-refractivity contribution in [3.05, 3.63) is 48.3 Å². The lowest BCUT2D eigenvalue weighted by Crippen LogP contribution is -2.47. The van der Waals surface area contributed by atoms with Gasteiger partial charge in [0.1, 0.15) is 17.4 Å². The van der Waals surface area contributed by atoms with Gasteiger partial charge in [0, 0.05) is 70.5 Å². The molecule has 0 radical (unpaired) electrons. The second kappa shape index (κ2) is 11.3. The number of rotatable bonds is 11. The lowest BCUT2D eigenvalue weighted by molar-refractivity contribution is 0.190. The van der Waals surface area contributed by atoms with Gasteiger partial charge in [0.05, 0.1) is 31.5 Å². The Bertz CT molecular complexity index is 1150. The third-order valence-electron chi connectivity index (χ3n) is 7.12. The average Bonchev–Trinajstić information content (AvgIpc) is 3.78. The molecule has 0 unspecified atom stereocenters. The molecule has 0 atom stereocenters. The Morgan fingerprint density at radius 3 is 2.22 bits per heavy atom. The maximum Gasteiger partial charge on any atom is 0.142 e. The summed E-state index contributed by atoms with van der Waals surface area (Å²) < 4.78 is 16.3. The van der Waals surface area contributed by atoms with E-state index < -0.39 is 0 Å². The second-order valence-corrected chi connectivity index (χ2v) is 9.50. The minimum Gasteiger partial charge on any atom is -0.495 e. The predicted molar refractivity (Wildman–Crippen MR) is 145 cm³/mol. The number of aromatic nitrogens is 2. The molecular formula is C28H37N5O3. The molecule has 0 N–H and O–H groups in total. The van der Waals surface area contributed by atoms with Crippen LogP contribution in [-0.4, -0.2) is 83.8 Å². The molecule has 5 rings (SSSR count). The number of para-hydroxylation sites is 2. The molecule has 1 aromatic heterocycles. The van der Waals surface area contributed by atoms with Gasteiger partial charge in [-0.05, 0) is 43.2 Å². The van der Waals surface area contributed by atoms with Gasteiger partial charge in [-0.2, -0.15) is 0 Å². The van der Waals surface area contributed by atoms with Crippen LogP contribution in [0.3, 0.4) is 0 Å². The smallest absolute Gasteiger partial charge is 0.142 e. The average molecular weight is 492 g/mol. The van der Waals surface area contributed by atoms with E-state index in [1.54, 1.807) is 21.3 Å². The molecule has 8 nitrogen and oxygen atoms in total. The lowest BCUT2D eigenvalue weighted by atomic mass is 10.1. The first-order valence-corrected chi connectivity index (χ1v) is 12.9. The van der Waals surface area contributed by atoms with Crippen LogP contribution in [0, 0.1) is 0 Å². The molecule has 1 aliphatic heterocycles. The van der Waals surface area contributed by atoms with Gasteiger partial charge in [-0.25, -0.2) is 9.97 Å². The molecule has 2 aromatic carbocycles. The number of hydrogen-bond donors (Lipinski definition) is 0. The molecule has 2 fully saturated rings. The number of piperazine rings is 1. The molecule has 1 saturated carbocycles. The van der Waals surface area contributed by atoms with Crippen molar-refractivity contribution in [2.45, 2.75) is 18.8 Å². The summed E-state index contributed by atoms with van der Waals surface area (Å²) in [6.07, 6.45) is 2.37. The van der Waals surface area contributed by atoms with Gasteiger partial charge in [-0.3, -0.25) is 0 Å². The molecule has 0 bridgehead atoms. The lowest BCUT2D eigenvalue weighted by Gasteiger charge is -2.37. The zero-order valence-electron chi connectivity index (χ0n) is 21.7. The number of ether oxygens (including phenoxy) is 3. The van der Waals surface area contributed by atoms with E-state index in [0.29, 0.717) is 19.1 Å². The van der Waals surface area contributed by atoms with Crippen LogP contribution in [0.15, 0.2) is 42.5 Å². The highest BCUT2D eigenvalue weighted by Crippen LogP contribution is 2.40. The van der Waals surface area contributed by atoms with E-state index in [4.69, 9.17) is 24.2 Å². The third-order valence-corrected chi connectivity index (χ3v) is 7.12. The number of nitrogens with zero attached hydrogens (tertiary/aromatic N) is 5. The Morgan fingerprint density at radius 2 is 1.56 bits per heavy atom. The minimum absolute atomic E-state index is 0.502. The van der Waals surface area contributed by atoms with Crippen molar-refractivity contribution in [2.75, 3.05) is 88.5 Å². The number of fused-ring (bicyclic) bond motifs is 1. The van der Waals surface area contributed by atoms with E-state index in [1.165, 1.54) is 12.8 Å². The zero-order chi connectivity index (χ0) is 24.9. The van der Waals surface area contributed by atoms with Crippen LogP contribution in [0.5, 0.6) is 5.75 Å². The van der Waals surface area contributed by atoms with Crippen LogP contribution in [0.2, 0.25) is 0 Å². The molecule has 36 heavy (non-hydrogen) atoms. The van der Waals surface area contributed by atoms with Gasteiger partial charge >= 0.3 is 0 Å². The highest BCUT2D eigenvalue weighted by molar-refractivity contribution is 5.92. The molecule has 8 heteroatoms. The number of anilines is 3. The van der Waals surface area contributed by atoms with Crippen molar-refractivity contribution in [2.24, 2.45) is 0 Å². The van der Waals surface area contributed by atoms with E-state index in [2.05, 4.69) is 45.0 Å². The number of methoxy groups -OCH3 is 3. The summed E-state index contributed by atoms with van der Waals surface area (Å²) in [5.74, 6) is 3.48. The number of hydrogen-bond acceptors (Lipinski definition) is 8. The molecule has 3 aromatic rings. The summed E-state index contributed by atoms with van der Waals surface area (Å²) in [7, 11) is 5.22. The first-order chi connectivity index (χ1) is 17.7. The van der Waals surface area contributed by atoms with Crippen molar-refractivity contribution < 1.29 is 14.2 Å². The maximum atomic E-state index is 5.61. The van der Waals surface area contributed by atoms with Crippen molar-refractivity contribution >= 4 is 28.1 Å². The summed E-state index contributed by atoms with van der Waals surface area (Å²) >= 11 is 0. The summed E-state index contributed by atoms with van der Waals surface area (Å²) in [5.41, 5.74) is 3.32. The van der Waals surface area contributed by atoms with Gasteiger partial charge in [0.25, 0.3) is 0 Å². The molecule has 192 valence electrons. The van der Waals surface area contributed by atoms with Crippen LogP contribution in [-0.2, 0) is 9.47 Å². The molecule has 2 heterocycles. The van der Waals surface area contributed by atoms with Gasteiger partial charge in [0.2, 0.25) is 0 Å². The topological polar surface area (TPSA) is 63.2 Å². The molecule has 1 saturated heterocycles. The number of benzene rings is 2. The summed E-state index contributed by atoms with van der Waals surface area (Å²) in [6.45, 7) is 6.56. The van der Waals surface area contributed by atoms with Crippen LogP contribution in [0.1, 0.15) is 24.6 Å². The maximum absolute atomic E-state index is 5.61. The Hall–Kier alpha value is -3.10. The van der Waals surface area contributed by atoms with Crippen molar-refractivity contribution in [3.63, 3.8) is 0 Å². The van der Waals surface area contributed by atoms with Crippen molar-refractivity contribution in [1.29, 1.82) is 0 Å². The first-order valence-electron chi connectivity index (χ1n) is 12.9. The largest absolute Gasteiger partial charge is 0.495 e. The SMILES string of the molecule is COCCN(CCOC)c1ccc2nc(C3CC3)nc(N3CCN(c4ccccc4OC)CC3)c2c1. The molecule has 1 aliphatic carbocycles. The third kappa shape index (κ3) is 5.34. The summed E-state index contributed by atoms with van der Waals surface area (Å²) in [6, 6.07) is 14.8. The quantitative estimate of drug-likeness (QED) is 0.400. The summed E-state index contributed by atoms with van der Waals surface area (Å²) in [5, 5.41) is 1.11. The summed E-state index contributed by atoms with van der Waals surface area (Å²) in [4.78, 5) is 17.3. The predicted octanol–water partition coefficient (Wildman–Crippen LogP) is 3.94. The minimum atomic E-state index is 0.502. The monoisotopic (exact) mass is 491 g/mol. The van der Waals surface area contributed by atoms with E-state index in [9.17, 15) is 0 Å². The van der Waals surface area contributed by atoms with E-state index in [1.807, 2.05) is 12.1 Å². The van der Waals surface area contributed by atoms with Gasteiger partial charge < -0.3 is 28.9 Å². The van der Waals surface area contributed by atoms with E-state index in [-0.39, 0.29) is 0 Å². The molecular weight excluding hydrogens is 454 g/mol. The standard InChI is InChI=1S/C28H37N5O3/c1-34-18-16-31(17-19-35-2)22-10-11-24-23(20-22)28(30-27(29-24)21-8-9-21)33-14-12-32(13-15-33)25-6-4-5-7-26(25)36-3/h4-7,10-11,20-21H,8-9,12-19H2,1-3H3. The fourth-order valence-corrected chi connectivity index (χ4v) is 4.90. The van der Waals surface area contributed by atoms with Crippen LogP contribution < -0.4 is 19.4 Å². The van der Waals surface area contributed by atoms with E-state index >= 15 is 0 Å². The van der Waals surface area contributed by atoms with Crippen LogP contribution >= 0.6 is 0 Å². The highest BCUT2D eigenvalue weighted by Gasteiger charge is 2.29. The molecule has 2 aliphatic rings. The molecule has 0 spiro atoms. The Labute approximate surface area is 213 Å². The van der Waals surface area contributed by atoms with Crippen LogP contribution in [0.25, 0.3) is 10.9 Å². The Morgan fingerprint density at radius 1 is 0.861 bits per heavy atom. The highest BCUT2D eigenvalue weighted by atomic mass is 16.5. The van der Waals surface area contributed by atoms with E-state index in [0.717, 1.165) is 78.9 Å². The van der Waals surface area contributed by atoms with Crippen molar-refractivity contribution in [3.8, 4) is 5.75 Å². The Balaban J connectivity index is 1.44. The van der Waals surface area contributed by atoms with Gasteiger partial charge in [-0.1, -0.05) is 12.1 Å². The first kappa shape index (κ1) is 24.6. The Kier molecular flexibility index (Phi) is 7.72. The van der Waals surface area contributed by atoms with Gasteiger partial charge in [-0.15, -0.1) is 0 Å². The fraction of sp³-hybridized carbons (Fsp3) is 0.500. The normalized spacial score (nSPS) is 16.0. The van der Waals surface area contributed by atoms with Crippen molar-refractivity contribution in [1.82, 2.24) is 9.97 Å². The second-order valence-electron chi connectivity index (χ2n) is 9.50. The zero-order valence-corrected chi connectivity index (χ0v) is 21.7.